The number of hydrogen-bond donors (Lipinski definition) is 2. The summed E-state index contributed by atoms with van der Waals surface area (Å²) in [4.78, 5) is 16.9. The first-order valence-corrected chi connectivity index (χ1v) is 10.4. The fourth-order valence-corrected chi connectivity index (χ4v) is 3.27. The molecule has 0 amide bonds. The first-order chi connectivity index (χ1) is 14.1. The van der Waals surface area contributed by atoms with Gasteiger partial charge in [-0.3, -0.25) is 9.78 Å². The van der Waals surface area contributed by atoms with Crippen molar-refractivity contribution in [2.75, 3.05) is 32.8 Å². The highest BCUT2D eigenvalue weighted by molar-refractivity contribution is 5.98. The van der Waals surface area contributed by atoms with E-state index in [1.54, 1.807) is 6.20 Å². The molecule has 1 aliphatic heterocycles. The van der Waals surface area contributed by atoms with Gasteiger partial charge in [0.2, 0.25) is 0 Å². The van der Waals surface area contributed by atoms with Crippen molar-refractivity contribution in [3.8, 4) is 5.75 Å². The largest absolute Gasteiger partial charge is 0.493 e. The summed E-state index contributed by atoms with van der Waals surface area (Å²) in [5.74, 6) is 1.85. The molecule has 0 radical (unpaired) electrons. The van der Waals surface area contributed by atoms with Crippen LogP contribution in [0.25, 0.3) is 12.2 Å². The average molecular weight is 394 g/mol. The minimum Gasteiger partial charge on any atom is -0.493 e. The summed E-state index contributed by atoms with van der Waals surface area (Å²) in [5, 5.41) is 6.67. The number of pyridine rings is 1. The first-order valence-electron chi connectivity index (χ1n) is 10.4. The van der Waals surface area contributed by atoms with E-state index in [4.69, 9.17) is 4.74 Å². The Morgan fingerprint density at radius 2 is 2.17 bits per heavy atom. The Morgan fingerprint density at radius 3 is 2.90 bits per heavy atom. The normalized spacial score (nSPS) is 16.6. The third-order valence-electron chi connectivity index (χ3n) is 4.87. The molecule has 2 N–H and O–H groups in total. The lowest BCUT2D eigenvalue weighted by atomic mass is 10.0. The Balaban J connectivity index is 1.70. The summed E-state index contributed by atoms with van der Waals surface area (Å²) >= 11 is 0. The molecular weight excluding hydrogens is 362 g/mol. The van der Waals surface area contributed by atoms with E-state index < -0.39 is 0 Å². The lowest BCUT2D eigenvalue weighted by molar-refractivity contribution is 0.0989. The van der Waals surface area contributed by atoms with E-state index in [1.165, 1.54) is 6.42 Å². The van der Waals surface area contributed by atoms with Gasteiger partial charge >= 0.3 is 0 Å². The molecule has 1 saturated heterocycles. The van der Waals surface area contributed by atoms with Crippen molar-refractivity contribution < 1.29 is 9.53 Å². The number of nitrogens with zero attached hydrogens (tertiary/aromatic N) is 1. The van der Waals surface area contributed by atoms with E-state index in [-0.39, 0.29) is 5.78 Å². The van der Waals surface area contributed by atoms with Gasteiger partial charge in [0.25, 0.3) is 0 Å². The van der Waals surface area contributed by atoms with Crippen molar-refractivity contribution in [3.63, 3.8) is 0 Å². The monoisotopic (exact) mass is 393 g/mol. The van der Waals surface area contributed by atoms with Crippen LogP contribution in [-0.2, 0) is 0 Å². The van der Waals surface area contributed by atoms with Gasteiger partial charge in [-0.1, -0.05) is 32.1 Å². The quantitative estimate of drug-likeness (QED) is 0.603. The van der Waals surface area contributed by atoms with Crippen LogP contribution in [0, 0.1) is 11.8 Å². The van der Waals surface area contributed by atoms with Gasteiger partial charge in [0.15, 0.2) is 5.78 Å². The highest BCUT2D eigenvalue weighted by atomic mass is 16.5. The molecule has 1 aliphatic rings. The maximum Gasteiger partial charge on any atom is 0.176 e. The molecule has 1 aromatic carbocycles. The van der Waals surface area contributed by atoms with Crippen LogP contribution in [0.5, 0.6) is 5.75 Å². The summed E-state index contributed by atoms with van der Waals surface area (Å²) in [5.41, 5.74) is 2.63. The van der Waals surface area contributed by atoms with E-state index in [0.29, 0.717) is 30.6 Å². The second-order valence-electron chi connectivity index (χ2n) is 8.03. The molecule has 1 aromatic heterocycles. The third kappa shape index (κ3) is 7.11. The minimum absolute atomic E-state index is 0.0852. The number of aromatic nitrogens is 1. The molecule has 5 heteroatoms. The lowest BCUT2D eigenvalue weighted by Gasteiger charge is -2.12. The zero-order valence-corrected chi connectivity index (χ0v) is 17.4. The summed E-state index contributed by atoms with van der Waals surface area (Å²) in [6.45, 7) is 8.16. The Kier molecular flexibility index (Phi) is 7.96. The van der Waals surface area contributed by atoms with Crippen LogP contribution < -0.4 is 15.4 Å². The van der Waals surface area contributed by atoms with Crippen molar-refractivity contribution in [2.24, 2.45) is 11.8 Å². The van der Waals surface area contributed by atoms with Crippen LogP contribution in [0.2, 0.25) is 0 Å². The Morgan fingerprint density at radius 1 is 1.31 bits per heavy atom. The van der Waals surface area contributed by atoms with Crippen molar-refractivity contribution in [2.45, 2.75) is 20.3 Å². The Bertz CT molecular complexity index is 812. The number of rotatable bonds is 10. The lowest BCUT2D eigenvalue weighted by Crippen LogP contribution is -2.29. The van der Waals surface area contributed by atoms with Crippen LogP contribution in [0.4, 0.5) is 0 Å². The smallest absolute Gasteiger partial charge is 0.176 e. The van der Waals surface area contributed by atoms with Crippen LogP contribution in [0.15, 0.2) is 42.7 Å². The predicted molar refractivity (Wildman–Crippen MR) is 118 cm³/mol. The molecule has 1 unspecified atom stereocenters. The van der Waals surface area contributed by atoms with E-state index in [0.717, 1.165) is 36.5 Å². The predicted octanol–water partition coefficient (Wildman–Crippen LogP) is 3.67. The van der Waals surface area contributed by atoms with Crippen molar-refractivity contribution in [3.05, 3.63) is 59.4 Å². The van der Waals surface area contributed by atoms with E-state index in [2.05, 4.69) is 29.5 Å². The number of hydrogen-bond acceptors (Lipinski definition) is 5. The van der Waals surface area contributed by atoms with Gasteiger partial charge in [-0.05, 0) is 73.3 Å². The first kappa shape index (κ1) is 21.2. The van der Waals surface area contributed by atoms with Gasteiger partial charge < -0.3 is 15.4 Å². The van der Waals surface area contributed by atoms with E-state index >= 15 is 0 Å². The molecule has 154 valence electrons. The molecule has 0 saturated carbocycles. The zero-order valence-electron chi connectivity index (χ0n) is 17.4. The maximum atomic E-state index is 12.8. The zero-order chi connectivity index (χ0) is 20.5. The number of benzene rings is 1. The summed E-state index contributed by atoms with van der Waals surface area (Å²) < 4.78 is 5.91. The van der Waals surface area contributed by atoms with Gasteiger partial charge in [-0.15, -0.1) is 0 Å². The Labute approximate surface area is 173 Å². The molecule has 5 nitrogen and oxygen atoms in total. The van der Waals surface area contributed by atoms with E-state index in [9.17, 15) is 4.79 Å². The SMILES string of the molecule is CC(C)COc1cc(C=Cc2cccnc2)cc(C(=O)CNCC2CCNC2)c1. The molecule has 0 aliphatic carbocycles. The van der Waals surface area contributed by atoms with Crippen LogP contribution >= 0.6 is 0 Å². The number of ketones is 1. The number of carbonyl (C=O) groups is 1. The summed E-state index contributed by atoms with van der Waals surface area (Å²) in [6, 6.07) is 9.66. The van der Waals surface area contributed by atoms with Crippen LogP contribution in [0.3, 0.4) is 0 Å². The number of Topliss-reactive ketones (excluding diaryl/α,β-unsaturated/α-hetero) is 1. The van der Waals surface area contributed by atoms with Crippen molar-refractivity contribution >= 4 is 17.9 Å². The fraction of sp³-hybridized carbons (Fsp3) is 0.417. The van der Waals surface area contributed by atoms with Gasteiger partial charge in [0, 0.05) is 18.0 Å². The summed E-state index contributed by atoms with van der Waals surface area (Å²) in [7, 11) is 0. The highest BCUT2D eigenvalue weighted by Gasteiger charge is 2.15. The molecular formula is C24H31N3O2. The molecule has 2 heterocycles. The van der Waals surface area contributed by atoms with Gasteiger partial charge in [-0.2, -0.15) is 0 Å². The minimum atomic E-state index is 0.0852. The molecule has 2 aromatic rings. The summed E-state index contributed by atoms with van der Waals surface area (Å²) in [6.07, 6.45) is 8.72. The number of carbonyl (C=O) groups excluding carboxylic acids is 1. The molecule has 0 spiro atoms. The molecule has 1 atom stereocenters. The van der Waals surface area contributed by atoms with Crippen molar-refractivity contribution in [1.29, 1.82) is 0 Å². The van der Waals surface area contributed by atoms with E-state index in [1.807, 2.05) is 48.7 Å². The number of ether oxygens (including phenoxy) is 1. The topological polar surface area (TPSA) is 63.2 Å². The van der Waals surface area contributed by atoms with Gasteiger partial charge in [0.1, 0.15) is 5.75 Å². The van der Waals surface area contributed by atoms with Gasteiger partial charge in [-0.25, -0.2) is 0 Å². The molecule has 3 rings (SSSR count). The van der Waals surface area contributed by atoms with Gasteiger partial charge in [0.05, 0.1) is 13.2 Å². The maximum absolute atomic E-state index is 12.8. The standard InChI is InChI=1S/C24H31N3O2/c1-18(2)17-29-23-11-20(6-5-19-4-3-8-25-13-19)10-22(12-23)24(28)16-27-15-21-7-9-26-14-21/h3-6,8,10-13,18,21,26-27H,7,9,14-17H2,1-2H3. The number of nitrogens with one attached hydrogen (secondary N) is 2. The van der Waals surface area contributed by atoms with Crippen LogP contribution in [-0.4, -0.2) is 43.6 Å². The Hall–Kier alpha value is -2.50. The third-order valence-corrected chi connectivity index (χ3v) is 4.87. The van der Waals surface area contributed by atoms with Crippen molar-refractivity contribution in [1.82, 2.24) is 15.6 Å². The molecule has 1 fully saturated rings. The second kappa shape index (κ2) is 10.9. The van der Waals surface area contributed by atoms with Crippen LogP contribution in [0.1, 0.15) is 41.8 Å². The average Bonchev–Trinajstić information content (AvgIpc) is 3.25. The highest BCUT2D eigenvalue weighted by Crippen LogP contribution is 2.21. The fourth-order valence-electron chi connectivity index (χ4n) is 3.27. The molecule has 0 bridgehead atoms. The molecule has 29 heavy (non-hydrogen) atoms. The second-order valence-corrected chi connectivity index (χ2v) is 8.03.